The molecule has 2 aromatic heterocycles. The van der Waals surface area contributed by atoms with E-state index < -0.39 is 0 Å². The lowest BCUT2D eigenvalue weighted by molar-refractivity contribution is 0.0744. The molecule has 0 radical (unpaired) electrons. The van der Waals surface area contributed by atoms with E-state index in [1.54, 1.807) is 21.7 Å². The van der Waals surface area contributed by atoms with Gasteiger partial charge in [0.2, 0.25) is 0 Å². The number of hydrogen-bond donors (Lipinski definition) is 0. The minimum absolute atomic E-state index is 0.184. The molecule has 2 aromatic carbocycles. The number of carbonyl (C=O) groups is 1. The summed E-state index contributed by atoms with van der Waals surface area (Å²) in [6.45, 7) is 4.81. The summed E-state index contributed by atoms with van der Waals surface area (Å²) < 4.78 is 1.61. The number of benzene rings is 2. The Morgan fingerprint density at radius 3 is 2.47 bits per heavy atom. The first kappa shape index (κ1) is 22.2. The predicted molar refractivity (Wildman–Crippen MR) is 136 cm³/mol. The zero-order valence-corrected chi connectivity index (χ0v) is 19.7. The Morgan fingerprint density at radius 2 is 1.74 bits per heavy atom. The van der Waals surface area contributed by atoms with Crippen LogP contribution in [-0.2, 0) is 6.54 Å². The van der Waals surface area contributed by atoms with Crippen LogP contribution in [0.25, 0.3) is 11.0 Å². The molecule has 1 amide bonds. The van der Waals surface area contributed by atoms with E-state index >= 15 is 0 Å². The average molecular weight is 473 g/mol. The lowest BCUT2D eigenvalue weighted by Crippen LogP contribution is -2.50. The Kier molecular flexibility index (Phi) is 6.07. The van der Waals surface area contributed by atoms with E-state index in [4.69, 9.17) is 11.6 Å². The molecule has 0 spiro atoms. The van der Waals surface area contributed by atoms with Crippen LogP contribution < -0.4 is 10.5 Å². The van der Waals surface area contributed by atoms with Crippen LogP contribution in [0.15, 0.2) is 77.7 Å². The summed E-state index contributed by atoms with van der Waals surface area (Å²) >= 11 is 6.14. The summed E-state index contributed by atoms with van der Waals surface area (Å²) in [5.74, 6) is -0.237. The molecule has 1 fully saturated rings. The van der Waals surface area contributed by atoms with Gasteiger partial charge in [-0.1, -0.05) is 47.5 Å². The summed E-state index contributed by atoms with van der Waals surface area (Å²) in [6, 6.07) is 21.2. The maximum Gasteiger partial charge on any atom is 0.265 e. The standard InChI is InChI=1S/C27H25ClN4O2/c1-19-7-9-20(10-8-19)18-32-25-21(4-3-11-29-25)16-24(27(32)34)26(33)31-14-12-30(13-15-31)23-6-2-5-22(28)17-23/h2-11,16-17H,12-15,18H2,1H3. The molecular weight excluding hydrogens is 448 g/mol. The topological polar surface area (TPSA) is 58.4 Å². The van der Waals surface area contributed by atoms with Crippen molar-refractivity contribution in [2.75, 3.05) is 31.1 Å². The minimum atomic E-state index is -0.311. The first-order valence-corrected chi connectivity index (χ1v) is 11.7. The maximum atomic E-state index is 13.5. The SMILES string of the molecule is Cc1ccc(Cn2c(=O)c(C(=O)N3CCN(c4cccc(Cl)c4)CC3)cc3cccnc32)cc1. The molecule has 6 nitrogen and oxygen atoms in total. The molecule has 0 bridgehead atoms. The fraction of sp³-hybridized carbons (Fsp3) is 0.222. The molecule has 1 aliphatic rings. The zero-order chi connectivity index (χ0) is 23.7. The molecule has 5 rings (SSSR count). The Bertz CT molecular complexity index is 1410. The van der Waals surface area contributed by atoms with Crippen LogP contribution in [0.2, 0.25) is 5.02 Å². The number of rotatable bonds is 4. The summed E-state index contributed by atoms with van der Waals surface area (Å²) in [7, 11) is 0. The van der Waals surface area contributed by atoms with Gasteiger partial charge in [0.1, 0.15) is 11.2 Å². The number of nitrogens with zero attached hydrogens (tertiary/aromatic N) is 4. The number of amides is 1. The highest BCUT2D eigenvalue weighted by atomic mass is 35.5. The quantitative estimate of drug-likeness (QED) is 0.442. The van der Waals surface area contributed by atoms with Crippen LogP contribution in [0.1, 0.15) is 21.5 Å². The van der Waals surface area contributed by atoms with E-state index in [2.05, 4.69) is 9.88 Å². The Balaban J connectivity index is 1.43. The van der Waals surface area contributed by atoms with Gasteiger partial charge in [-0.05, 0) is 48.9 Å². The van der Waals surface area contributed by atoms with Gasteiger partial charge < -0.3 is 9.80 Å². The van der Waals surface area contributed by atoms with Crippen LogP contribution in [0.5, 0.6) is 0 Å². The molecule has 1 aliphatic heterocycles. The van der Waals surface area contributed by atoms with E-state index in [9.17, 15) is 9.59 Å². The van der Waals surface area contributed by atoms with Gasteiger partial charge in [-0.2, -0.15) is 0 Å². The third-order valence-electron chi connectivity index (χ3n) is 6.28. The summed E-state index contributed by atoms with van der Waals surface area (Å²) in [6.07, 6.45) is 1.67. The molecule has 1 saturated heterocycles. The number of hydrogen-bond acceptors (Lipinski definition) is 4. The van der Waals surface area contributed by atoms with Crippen LogP contribution >= 0.6 is 11.6 Å². The molecule has 34 heavy (non-hydrogen) atoms. The third-order valence-corrected chi connectivity index (χ3v) is 6.51. The van der Waals surface area contributed by atoms with Gasteiger partial charge in [0, 0.05) is 48.5 Å². The Hall–Kier alpha value is -3.64. The van der Waals surface area contributed by atoms with E-state index in [0.29, 0.717) is 43.4 Å². The first-order valence-electron chi connectivity index (χ1n) is 11.3. The van der Waals surface area contributed by atoms with Gasteiger partial charge in [0.25, 0.3) is 11.5 Å². The van der Waals surface area contributed by atoms with Gasteiger partial charge in [-0.25, -0.2) is 4.98 Å². The largest absolute Gasteiger partial charge is 0.368 e. The Labute approximate surface area is 203 Å². The fourth-order valence-corrected chi connectivity index (χ4v) is 4.58. The number of pyridine rings is 2. The number of carbonyl (C=O) groups excluding carboxylic acids is 1. The molecule has 3 heterocycles. The summed E-state index contributed by atoms with van der Waals surface area (Å²) in [5, 5.41) is 1.46. The Morgan fingerprint density at radius 1 is 0.971 bits per heavy atom. The number of anilines is 1. The predicted octanol–water partition coefficient (Wildman–Crippen LogP) is 4.37. The van der Waals surface area contributed by atoms with Gasteiger partial charge in [0.05, 0.1) is 6.54 Å². The van der Waals surface area contributed by atoms with Crippen molar-refractivity contribution < 1.29 is 4.79 Å². The third kappa shape index (κ3) is 4.41. The molecule has 0 aliphatic carbocycles. The minimum Gasteiger partial charge on any atom is -0.368 e. The molecule has 0 N–H and O–H groups in total. The van der Waals surface area contributed by atoms with Crippen molar-refractivity contribution in [1.29, 1.82) is 0 Å². The van der Waals surface area contributed by atoms with E-state index in [0.717, 1.165) is 22.2 Å². The molecule has 0 unspecified atom stereocenters. The highest BCUT2D eigenvalue weighted by Gasteiger charge is 2.25. The van der Waals surface area contributed by atoms with E-state index in [-0.39, 0.29) is 17.0 Å². The maximum absolute atomic E-state index is 13.5. The second-order valence-corrected chi connectivity index (χ2v) is 9.05. The molecule has 0 atom stereocenters. The van der Waals surface area contributed by atoms with Crippen molar-refractivity contribution in [3.63, 3.8) is 0 Å². The van der Waals surface area contributed by atoms with Gasteiger partial charge in [-0.15, -0.1) is 0 Å². The van der Waals surface area contributed by atoms with Crippen molar-refractivity contribution in [3.05, 3.63) is 105 Å². The van der Waals surface area contributed by atoms with Gasteiger partial charge in [0.15, 0.2) is 0 Å². The summed E-state index contributed by atoms with van der Waals surface area (Å²) in [5.41, 5.74) is 3.63. The monoisotopic (exact) mass is 472 g/mol. The highest BCUT2D eigenvalue weighted by molar-refractivity contribution is 6.30. The smallest absolute Gasteiger partial charge is 0.265 e. The second kappa shape index (κ2) is 9.31. The number of aromatic nitrogens is 2. The van der Waals surface area contributed by atoms with Crippen LogP contribution in [0, 0.1) is 6.92 Å². The highest BCUT2D eigenvalue weighted by Crippen LogP contribution is 2.21. The average Bonchev–Trinajstić information content (AvgIpc) is 2.86. The molecule has 172 valence electrons. The van der Waals surface area contributed by atoms with Crippen LogP contribution in [0.3, 0.4) is 0 Å². The normalized spacial score (nSPS) is 13.9. The van der Waals surface area contributed by atoms with E-state index in [1.165, 1.54) is 0 Å². The van der Waals surface area contributed by atoms with Gasteiger partial charge >= 0.3 is 0 Å². The lowest BCUT2D eigenvalue weighted by atomic mass is 10.1. The molecule has 4 aromatic rings. The number of aryl methyl sites for hydroxylation is 1. The van der Waals surface area contributed by atoms with Crippen molar-refractivity contribution in [2.45, 2.75) is 13.5 Å². The van der Waals surface area contributed by atoms with Gasteiger partial charge in [-0.3, -0.25) is 14.2 Å². The van der Waals surface area contributed by atoms with Crippen molar-refractivity contribution in [2.24, 2.45) is 0 Å². The molecule has 7 heteroatoms. The van der Waals surface area contributed by atoms with Crippen molar-refractivity contribution in [1.82, 2.24) is 14.5 Å². The zero-order valence-electron chi connectivity index (χ0n) is 18.9. The number of fused-ring (bicyclic) bond motifs is 1. The fourth-order valence-electron chi connectivity index (χ4n) is 4.39. The molecular formula is C27H25ClN4O2. The van der Waals surface area contributed by atoms with Crippen molar-refractivity contribution in [3.8, 4) is 0 Å². The number of piperazine rings is 1. The van der Waals surface area contributed by atoms with Crippen LogP contribution in [0.4, 0.5) is 5.69 Å². The number of halogens is 1. The second-order valence-electron chi connectivity index (χ2n) is 8.61. The molecule has 0 saturated carbocycles. The van der Waals surface area contributed by atoms with Crippen molar-refractivity contribution >= 4 is 34.2 Å². The summed E-state index contributed by atoms with van der Waals surface area (Å²) in [4.78, 5) is 35.4. The van der Waals surface area contributed by atoms with E-state index in [1.807, 2.05) is 67.6 Å². The lowest BCUT2D eigenvalue weighted by Gasteiger charge is -2.36. The first-order chi connectivity index (χ1) is 16.5. The van der Waals surface area contributed by atoms with Crippen LogP contribution in [-0.4, -0.2) is 46.5 Å².